The molecule has 0 amide bonds. The van der Waals surface area contributed by atoms with Crippen molar-refractivity contribution in [3.63, 3.8) is 0 Å². The molecule has 2 aromatic carbocycles. The lowest BCUT2D eigenvalue weighted by atomic mass is 10.2. The van der Waals surface area contributed by atoms with Crippen molar-refractivity contribution in [2.45, 2.75) is 13.1 Å². The van der Waals surface area contributed by atoms with Crippen molar-refractivity contribution in [1.82, 2.24) is 24.7 Å². The first-order valence-electron chi connectivity index (χ1n) is 10.1. The fourth-order valence-electron chi connectivity index (χ4n) is 3.66. The zero-order valence-corrected chi connectivity index (χ0v) is 18.0. The van der Waals surface area contributed by atoms with E-state index >= 15 is 0 Å². The molecule has 3 heterocycles. The Balaban J connectivity index is 1.53. The van der Waals surface area contributed by atoms with Gasteiger partial charge in [0.15, 0.2) is 0 Å². The molecular weight excluding hydrogens is 453 g/mol. The van der Waals surface area contributed by atoms with Gasteiger partial charge in [-0.05, 0) is 43.3 Å². The SMILES string of the molecule is CCN(c1ncc2c(cnn2-c2ccc3cccnc3c2)n1)c1ccc(C(F)(F)F)cc1Cl. The first-order chi connectivity index (χ1) is 15.8. The maximum absolute atomic E-state index is 13.0. The Hall–Kier alpha value is -3.72. The van der Waals surface area contributed by atoms with E-state index in [1.165, 1.54) is 6.07 Å². The third kappa shape index (κ3) is 3.84. The predicted molar refractivity (Wildman–Crippen MR) is 121 cm³/mol. The van der Waals surface area contributed by atoms with Crippen molar-refractivity contribution >= 4 is 45.2 Å². The second-order valence-electron chi connectivity index (χ2n) is 7.29. The van der Waals surface area contributed by atoms with Gasteiger partial charge in [0.05, 0.1) is 39.9 Å². The number of alkyl halides is 3. The molecule has 0 aliphatic rings. The molecule has 0 aliphatic carbocycles. The number of fused-ring (bicyclic) bond motifs is 2. The average Bonchev–Trinajstić information content (AvgIpc) is 3.23. The van der Waals surface area contributed by atoms with Crippen LogP contribution in [-0.2, 0) is 6.18 Å². The van der Waals surface area contributed by atoms with Crippen molar-refractivity contribution in [2.24, 2.45) is 0 Å². The van der Waals surface area contributed by atoms with Crippen LogP contribution < -0.4 is 4.90 Å². The van der Waals surface area contributed by atoms with Crippen molar-refractivity contribution < 1.29 is 13.2 Å². The minimum Gasteiger partial charge on any atom is -0.309 e. The van der Waals surface area contributed by atoms with Gasteiger partial charge in [-0.3, -0.25) is 4.98 Å². The Kier molecular flexibility index (Phi) is 5.13. The highest BCUT2D eigenvalue weighted by molar-refractivity contribution is 6.33. The van der Waals surface area contributed by atoms with Crippen molar-refractivity contribution in [1.29, 1.82) is 0 Å². The summed E-state index contributed by atoms with van der Waals surface area (Å²) in [5.74, 6) is 0.311. The Morgan fingerprint density at radius 3 is 2.61 bits per heavy atom. The fraction of sp³-hybridized carbons (Fsp3) is 0.130. The quantitative estimate of drug-likeness (QED) is 0.314. The number of rotatable bonds is 4. The van der Waals surface area contributed by atoms with Crippen LogP contribution in [-0.4, -0.2) is 31.3 Å². The topological polar surface area (TPSA) is 59.7 Å². The summed E-state index contributed by atoms with van der Waals surface area (Å²) in [6.07, 6.45) is 0.509. The number of hydrogen-bond acceptors (Lipinski definition) is 5. The van der Waals surface area contributed by atoms with Crippen LogP contribution in [0.2, 0.25) is 5.02 Å². The number of anilines is 2. The summed E-state index contributed by atoms with van der Waals surface area (Å²) < 4.78 is 40.7. The van der Waals surface area contributed by atoms with Crippen LogP contribution in [0.3, 0.4) is 0 Å². The highest BCUT2D eigenvalue weighted by Crippen LogP contribution is 2.37. The summed E-state index contributed by atoms with van der Waals surface area (Å²) in [6.45, 7) is 2.24. The molecule has 0 N–H and O–H groups in total. The molecule has 3 aromatic heterocycles. The van der Waals surface area contributed by atoms with Gasteiger partial charge in [0.1, 0.15) is 11.0 Å². The molecule has 0 bridgehead atoms. The van der Waals surface area contributed by atoms with E-state index < -0.39 is 11.7 Å². The second-order valence-corrected chi connectivity index (χ2v) is 7.69. The van der Waals surface area contributed by atoms with Gasteiger partial charge in [0, 0.05) is 18.1 Å². The third-order valence-electron chi connectivity index (χ3n) is 5.27. The number of pyridine rings is 1. The van der Waals surface area contributed by atoms with Crippen LogP contribution in [0.15, 0.2) is 67.1 Å². The summed E-state index contributed by atoms with van der Waals surface area (Å²) in [4.78, 5) is 15.1. The maximum Gasteiger partial charge on any atom is 0.416 e. The maximum atomic E-state index is 13.0. The van der Waals surface area contributed by atoms with Crippen LogP contribution in [0, 0.1) is 0 Å². The largest absolute Gasteiger partial charge is 0.416 e. The minimum absolute atomic E-state index is 0.0327. The lowest BCUT2D eigenvalue weighted by Crippen LogP contribution is -2.19. The fourth-order valence-corrected chi connectivity index (χ4v) is 3.94. The Labute approximate surface area is 191 Å². The molecule has 5 rings (SSSR count). The second kappa shape index (κ2) is 8.00. The molecule has 33 heavy (non-hydrogen) atoms. The Bertz CT molecular complexity index is 1480. The highest BCUT2D eigenvalue weighted by Gasteiger charge is 2.31. The molecule has 0 saturated carbocycles. The molecule has 0 atom stereocenters. The normalized spacial score (nSPS) is 11.9. The van der Waals surface area contributed by atoms with E-state index in [-0.39, 0.29) is 5.02 Å². The van der Waals surface area contributed by atoms with Gasteiger partial charge in [0.25, 0.3) is 0 Å². The minimum atomic E-state index is -4.47. The molecule has 6 nitrogen and oxygen atoms in total. The summed E-state index contributed by atoms with van der Waals surface area (Å²) in [5, 5.41) is 5.43. The van der Waals surface area contributed by atoms with Gasteiger partial charge in [-0.25, -0.2) is 14.6 Å². The van der Waals surface area contributed by atoms with E-state index in [0.717, 1.165) is 28.7 Å². The molecule has 0 aliphatic heterocycles. The van der Waals surface area contributed by atoms with Crippen LogP contribution in [0.4, 0.5) is 24.8 Å². The number of halogens is 4. The highest BCUT2D eigenvalue weighted by atomic mass is 35.5. The first kappa shape index (κ1) is 21.1. The van der Waals surface area contributed by atoms with Crippen LogP contribution >= 0.6 is 11.6 Å². The Morgan fingerprint density at radius 2 is 1.85 bits per heavy atom. The zero-order valence-electron chi connectivity index (χ0n) is 17.3. The third-order valence-corrected chi connectivity index (χ3v) is 5.57. The van der Waals surface area contributed by atoms with Crippen LogP contribution in [0.5, 0.6) is 0 Å². The van der Waals surface area contributed by atoms with Gasteiger partial charge in [0.2, 0.25) is 5.95 Å². The van der Waals surface area contributed by atoms with Crippen LogP contribution in [0.25, 0.3) is 27.6 Å². The number of nitrogens with zero attached hydrogens (tertiary/aromatic N) is 6. The summed E-state index contributed by atoms with van der Waals surface area (Å²) in [6, 6.07) is 12.9. The van der Waals surface area contributed by atoms with Crippen molar-refractivity contribution in [2.75, 3.05) is 11.4 Å². The lowest BCUT2D eigenvalue weighted by molar-refractivity contribution is -0.137. The van der Waals surface area contributed by atoms with Gasteiger partial charge in [-0.1, -0.05) is 23.7 Å². The lowest BCUT2D eigenvalue weighted by Gasteiger charge is -2.22. The predicted octanol–water partition coefficient (Wildman–Crippen LogP) is 6.19. The number of aromatic nitrogens is 5. The van der Waals surface area contributed by atoms with Crippen LogP contribution in [0.1, 0.15) is 12.5 Å². The molecule has 5 aromatic rings. The molecule has 0 saturated heterocycles. The standard InChI is InChI=1S/C23H16ClF3N6/c1-2-32(20-8-6-15(10-17(20)24)23(25,26)27)22-29-13-21-19(31-22)12-30-33(21)16-7-5-14-4-3-9-28-18(14)11-16/h3-13H,2H2,1H3. The molecule has 0 radical (unpaired) electrons. The molecular formula is C23H16ClF3N6. The zero-order chi connectivity index (χ0) is 23.2. The molecule has 0 fully saturated rings. The van der Waals surface area contributed by atoms with Crippen molar-refractivity contribution in [3.05, 3.63) is 77.7 Å². The summed E-state index contributed by atoms with van der Waals surface area (Å²) in [7, 11) is 0. The van der Waals surface area contributed by atoms with Gasteiger partial charge >= 0.3 is 6.18 Å². The summed E-state index contributed by atoms with van der Waals surface area (Å²) in [5.41, 5.74) is 2.50. The van der Waals surface area contributed by atoms with E-state index in [9.17, 15) is 13.2 Å². The average molecular weight is 469 g/mol. The number of benzene rings is 2. The van der Waals surface area contributed by atoms with Gasteiger partial charge in [-0.2, -0.15) is 18.3 Å². The smallest absolute Gasteiger partial charge is 0.309 e. The molecule has 166 valence electrons. The van der Waals surface area contributed by atoms with E-state index in [2.05, 4.69) is 20.1 Å². The van der Waals surface area contributed by atoms with Gasteiger partial charge in [-0.15, -0.1) is 0 Å². The van der Waals surface area contributed by atoms with E-state index in [0.29, 0.717) is 29.2 Å². The van der Waals surface area contributed by atoms with Gasteiger partial charge < -0.3 is 4.90 Å². The van der Waals surface area contributed by atoms with Crippen molar-refractivity contribution in [3.8, 4) is 5.69 Å². The molecule has 10 heteroatoms. The summed E-state index contributed by atoms with van der Waals surface area (Å²) >= 11 is 6.19. The van der Waals surface area contributed by atoms with E-state index in [1.807, 2.05) is 37.3 Å². The van der Waals surface area contributed by atoms with E-state index in [1.54, 1.807) is 28.2 Å². The monoisotopic (exact) mass is 468 g/mol. The molecule has 0 spiro atoms. The molecule has 0 unspecified atom stereocenters. The number of hydrogen-bond donors (Lipinski definition) is 0. The Morgan fingerprint density at radius 1 is 1.00 bits per heavy atom. The van der Waals surface area contributed by atoms with E-state index in [4.69, 9.17) is 11.6 Å². The first-order valence-corrected chi connectivity index (χ1v) is 10.4.